The molecule has 1 aliphatic heterocycles. The van der Waals surface area contributed by atoms with Crippen LogP contribution in [0.5, 0.6) is 0 Å². The van der Waals surface area contributed by atoms with Gasteiger partial charge >= 0.3 is 0 Å². The molecule has 1 aromatic heterocycles. The van der Waals surface area contributed by atoms with Gasteiger partial charge in [0.1, 0.15) is 0 Å². The second-order valence-corrected chi connectivity index (χ2v) is 7.91. The highest BCUT2D eigenvalue weighted by Crippen LogP contribution is 2.27. The monoisotopic (exact) mass is 383 g/mol. The van der Waals surface area contributed by atoms with Crippen LogP contribution in [0.15, 0.2) is 0 Å². The van der Waals surface area contributed by atoms with Gasteiger partial charge in [0.05, 0.1) is 11.7 Å². The quantitative estimate of drug-likeness (QED) is 0.789. The van der Waals surface area contributed by atoms with Crippen LogP contribution in [0.2, 0.25) is 0 Å². The zero-order chi connectivity index (χ0) is 17.6. The first-order valence-corrected chi connectivity index (χ1v) is 10.1. The maximum Gasteiger partial charge on any atom is 0.273 e. The Morgan fingerprint density at radius 3 is 2.62 bits per heavy atom. The van der Waals surface area contributed by atoms with Crippen LogP contribution in [-0.2, 0) is 0 Å². The van der Waals surface area contributed by atoms with Crippen molar-refractivity contribution in [2.45, 2.75) is 83.7 Å². The van der Waals surface area contributed by atoms with E-state index >= 15 is 0 Å². The van der Waals surface area contributed by atoms with Crippen molar-refractivity contribution in [3.63, 3.8) is 0 Å². The van der Waals surface area contributed by atoms with E-state index in [0.717, 1.165) is 44.0 Å². The van der Waals surface area contributed by atoms with Gasteiger partial charge in [-0.2, -0.15) is 0 Å². The summed E-state index contributed by atoms with van der Waals surface area (Å²) in [5.41, 5.74) is 1.38. The number of hydrogen-bond acceptors (Lipinski definition) is 4. The first kappa shape index (κ1) is 21.2. The molecule has 1 saturated heterocycles. The van der Waals surface area contributed by atoms with E-state index < -0.39 is 0 Å². The van der Waals surface area contributed by atoms with Crippen molar-refractivity contribution in [2.75, 3.05) is 13.1 Å². The second kappa shape index (κ2) is 10.3. The third kappa shape index (κ3) is 5.43. The summed E-state index contributed by atoms with van der Waals surface area (Å²) in [7, 11) is 0. The maximum absolute atomic E-state index is 12.6. The molecule has 1 amide bonds. The molecule has 0 spiro atoms. The summed E-state index contributed by atoms with van der Waals surface area (Å²) in [6, 6.07) is 0.553. The van der Waals surface area contributed by atoms with E-state index in [0.29, 0.717) is 11.7 Å². The summed E-state index contributed by atoms with van der Waals surface area (Å²) < 4.78 is 1.95. The van der Waals surface area contributed by atoms with E-state index in [1.807, 2.05) is 11.6 Å². The van der Waals surface area contributed by atoms with Crippen molar-refractivity contribution in [2.24, 2.45) is 5.92 Å². The summed E-state index contributed by atoms with van der Waals surface area (Å²) >= 11 is 0. The molecule has 7 heteroatoms. The van der Waals surface area contributed by atoms with E-state index in [2.05, 4.69) is 27.9 Å². The van der Waals surface area contributed by atoms with Gasteiger partial charge in [0, 0.05) is 6.04 Å². The Kier molecular flexibility index (Phi) is 8.35. The Hall–Kier alpha value is -1.14. The Morgan fingerprint density at radius 2 is 1.92 bits per heavy atom. The molecular weight excluding hydrogens is 350 g/mol. The summed E-state index contributed by atoms with van der Waals surface area (Å²) in [4.78, 5) is 12.6. The molecule has 6 nitrogen and oxygen atoms in total. The van der Waals surface area contributed by atoms with Crippen LogP contribution in [-0.4, -0.2) is 40.0 Å². The summed E-state index contributed by atoms with van der Waals surface area (Å²) in [5, 5.41) is 14.9. The van der Waals surface area contributed by atoms with E-state index in [1.54, 1.807) is 0 Å². The Morgan fingerprint density at radius 1 is 1.23 bits per heavy atom. The Labute approximate surface area is 163 Å². The molecule has 1 aromatic rings. The van der Waals surface area contributed by atoms with Crippen molar-refractivity contribution < 1.29 is 4.79 Å². The minimum absolute atomic E-state index is 0. The molecule has 1 saturated carbocycles. The SMILES string of the molecule is Cc1c(C(=O)NC(C)CCC2CCCCC2)nnn1C1CCNCC1.Cl. The predicted octanol–water partition coefficient (Wildman–Crippen LogP) is 3.41. The van der Waals surface area contributed by atoms with Gasteiger partial charge in [0.25, 0.3) is 5.91 Å². The number of carbonyl (C=O) groups is 1. The lowest BCUT2D eigenvalue weighted by atomic mass is 9.85. The van der Waals surface area contributed by atoms with Gasteiger partial charge in [-0.3, -0.25) is 4.79 Å². The molecule has 1 unspecified atom stereocenters. The van der Waals surface area contributed by atoms with Crippen LogP contribution in [0.3, 0.4) is 0 Å². The number of nitrogens with one attached hydrogen (secondary N) is 2. The van der Waals surface area contributed by atoms with Crippen LogP contribution in [0.1, 0.15) is 86.9 Å². The van der Waals surface area contributed by atoms with Gasteiger partial charge in [0.15, 0.2) is 5.69 Å². The number of piperidine rings is 1. The smallest absolute Gasteiger partial charge is 0.273 e. The first-order valence-electron chi connectivity index (χ1n) is 10.1. The highest BCUT2D eigenvalue weighted by atomic mass is 35.5. The third-order valence-electron chi connectivity index (χ3n) is 5.91. The highest BCUT2D eigenvalue weighted by molar-refractivity contribution is 5.93. The average molecular weight is 384 g/mol. The normalized spacial score (nSPS) is 20.4. The second-order valence-electron chi connectivity index (χ2n) is 7.91. The predicted molar refractivity (Wildman–Crippen MR) is 106 cm³/mol. The van der Waals surface area contributed by atoms with Gasteiger partial charge in [-0.1, -0.05) is 37.3 Å². The lowest BCUT2D eigenvalue weighted by Crippen LogP contribution is -2.34. The van der Waals surface area contributed by atoms with E-state index in [-0.39, 0.29) is 24.4 Å². The zero-order valence-corrected chi connectivity index (χ0v) is 17.0. The van der Waals surface area contributed by atoms with Crippen LogP contribution in [0.25, 0.3) is 0 Å². The van der Waals surface area contributed by atoms with Crippen molar-refractivity contribution in [3.8, 4) is 0 Å². The van der Waals surface area contributed by atoms with Crippen LogP contribution in [0, 0.1) is 12.8 Å². The molecule has 0 radical (unpaired) electrons. The molecule has 2 aliphatic rings. The van der Waals surface area contributed by atoms with Gasteiger partial charge in [-0.05, 0) is 58.5 Å². The van der Waals surface area contributed by atoms with Gasteiger partial charge < -0.3 is 10.6 Å². The highest BCUT2D eigenvalue weighted by Gasteiger charge is 2.24. The van der Waals surface area contributed by atoms with Crippen LogP contribution in [0.4, 0.5) is 0 Å². The van der Waals surface area contributed by atoms with Crippen LogP contribution >= 0.6 is 12.4 Å². The largest absolute Gasteiger partial charge is 0.348 e. The topological polar surface area (TPSA) is 71.8 Å². The van der Waals surface area contributed by atoms with Crippen molar-refractivity contribution in [1.29, 1.82) is 0 Å². The fourth-order valence-corrected chi connectivity index (χ4v) is 4.27. The van der Waals surface area contributed by atoms with E-state index in [4.69, 9.17) is 0 Å². The fourth-order valence-electron chi connectivity index (χ4n) is 4.27. The average Bonchev–Trinajstić information content (AvgIpc) is 3.03. The van der Waals surface area contributed by atoms with E-state index in [1.165, 1.54) is 38.5 Å². The van der Waals surface area contributed by atoms with Crippen molar-refractivity contribution in [1.82, 2.24) is 25.6 Å². The number of carbonyl (C=O) groups excluding carboxylic acids is 1. The number of amides is 1. The Bertz CT molecular complexity index is 564. The zero-order valence-electron chi connectivity index (χ0n) is 16.2. The minimum atomic E-state index is -0.0752. The molecular formula is C19H34ClN5O. The molecule has 1 aliphatic carbocycles. The lowest BCUT2D eigenvalue weighted by molar-refractivity contribution is 0.0930. The molecule has 1 atom stereocenters. The molecule has 2 fully saturated rings. The number of nitrogens with zero attached hydrogens (tertiary/aromatic N) is 3. The molecule has 3 rings (SSSR count). The standard InChI is InChI=1S/C19H33N5O.ClH/c1-14(8-9-16-6-4-3-5-7-16)21-19(25)18-15(2)24(23-22-18)17-10-12-20-13-11-17;/h14,16-17,20H,3-13H2,1-2H3,(H,21,25);1H. The molecule has 148 valence electrons. The fraction of sp³-hybridized carbons (Fsp3) is 0.842. The number of halogens is 1. The van der Waals surface area contributed by atoms with Gasteiger partial charge in [0.2, 0.25) is 0 Å². The summed E-state index contributed by atoms with van der Waals surface area (Å²) in [6.07, 6.45) is 11.3. The Balaban J connectivity index is 0.00000243. The number of hydrogen-bond donors (Lipinski definition) is 2. The lowest BCUT2D eigenvalue weighted by Gasteiger charge is -2.24. The molecule has 0 bridgehead atoms. The summed E-state index contributed by atoms with van der Waals surface area (Å²) in [6.45, 7) is 6.07. The minimum Gasteiger partial charge on any atom is -0.348 e. The molecule has 0 aromatic carbocycles. The maximum atomic E-state index is 12.6. The van der Waals surface area contributed by atoms with Gasteiger partial charge in [-0.25, -0.2) is 4.68 Å². The molecule has 2 N–H and O–H groups in total. The van der Waals surface area contributed by atoms with Crippen LogP contribution < -0.4 is 10.6 Å². The van der Waals surface area contributed by atoms with Crippen molar-refractivity contribution >= 4 is 18.3 Å². The summed E-state index contributed by atoms with van der Waals surface area (Å²) in [5.74, 6) is 0.782. The first-order chi connectivity index (χ1) is 12.1. The number of rotatable bonds is 6. The molecule has 26 heavy (non-hydrogen) atoms. The number of aromatic nitrogens is 3. The third-order valence-corrected chi connectivity index (χ3v) is 5.91. The van der Waals surface area contributed by atoms with Gasteiger partial charge in [-0.15, -0.1) is 17.5 Å². The van der Waals surface area contributed by atoms with E-state index in [9.17, 15) is 4.79 Å². The van der Waals surface area contributed by atoms with Crippen molar-refractivity contribution in [3.05, 3.63) is 11.4 Å². The molecule has 2 heterocycles.